The molecule has 0 saturated carbocycles. The van der Waals surface area contributed by atoms with Crippen molar-refractivity contribution in [2.75, 3.05) is 11.4 Å². The summed E-state index contributed by atoms with van der Waals surface area (Å²) >= 11 is 0. The highest BCUT2D eigenvalue weighted by Crippen LogP contribution is 2.33. The second kappa shape index (κ2) is 8.14. The fourth-order valence-electron chi connectivity index (χ4n) is 3.73. The number of carbonyl (C=O) groups excluding carboxylic acids is 2. The third-order valence-corrected chi connectivity index (χ3v) is 5.55. The van der Waals surface area contributed by atoms with Crippen LogP contribution < -0.4 is 10.2 Å². The molecule has 0 aliphatic carbocycles. The molecule has 1 aliphatic rings. The number of halogens is 1. The van der Waals surface area contributed by atoms with Crippen LogP contribution in [-0.2, 0) is 18.4 Å². The second-order valence-electron chi connectivity index (χ2n) is 8.72. The van der Waals surface area contributed by atoms with Crippen molar-refractivity contribution < 1.29 is 14.0 Å². The Kier molecular flexibility index (Phi) is 5.50. The number of hydrogen-bond acceptors (Lipinski definition) is 5. The molecule has 1 saturated heterocycles. The van der Waals surface area contributed by atoms with Gasteiger partial charge in [-0.3, -0.25) is 19.2 Å². The summed E-state index contributed by atoms with van der Waals surface area (Å²) in [5, 5.41) is 6.85. The van der Waals surface area contributed by atoms with Gasteiger partial charge in [0.25, 0.3) is 5.91 Å². The van der Waals surface area contributed by atoms with Gasteiger partial charge in [0.2, 0.25) is 11.7 Å². The van der Waals surface area contributed by atoms with Crippen LogP contribution in [0, 0.1) is 18.2 Å². The van der Waals surface area contributed by atoms with Crippen LogP contribution in [0.1, 0.15) is 42.1 Å². The standard InChI is InChI=1S/C23H25FN6O2/c1-14-7-19(30-6-5-23(2,3)22(30)32)28-20(27-14)21(31)25-11-15-8-16(10-18(24)9-15)17-12-26-29(4)13-17/h7-10,12-13H,5-6,11H2,1-4H3,(H,25,31). The minimum Gasteiger partial charge on any atom is -0.345 e. The van der Waals surface area contributed by atoms with Gasteiger partial charge >= 0.3 is 0 Å². The van der Waals surface area contributed by atoms with Crippen LogP contribution in [-0.4, -0.2) is 38.1 Å². The molecule has 1 fully saturated rings. The van der Waals surface area contributed by atoms with E-state index >= 15 is 0 Å². The quantitative estimate of drug-likeness (QED) is 0.664. The second-order valence-corrected chi connectivity index (χ2v) is 8.72. The van der Waals surface area contributed by atoms with Gasteiger partial charge in [-0.1, -0.05) is 13.8 Å². The molecule has 9 heteroatoms. The molecule has 166 valence electrons. The molecule has 0 bridgehead atoms. The Morgan fingerprint density at radius 2 is 1.97 bits per heavy atom. The number of anilines is 1. The lowest BCUT2D eigenvalue weighted by Crippen LogP contribution is -2.32. The highest BCUT2D eigenvalue weighted by Gasteiger charge is 2.40. The van der Waals surface area contributed by atoms with E-state index in [1.807, 2.05) is 13.8 Å². The smallest absolute Gasteiger partial charge is 0.289 e. The fraction of sp³-hybridized carbons (Fsp3) is 0.348. The molecule has 2 aromatic heterocycles. The van der Waals surface area contributed by atoms with Gasteiger partial charge < -0.3 is 5.32 Å². The van der Waals surface area contributed by atoms with E-state index in [0.29, 0.717) is 29.2 Å². The van der Waals surface area contributed by atoms with Crippen molar-refractivity contribution in [2.45, 2.75) is 33.7 Å². The molecular formula is C23H25FN6O2. The van der Waals surface area contributed by atoms with Crippen LogP contribution in [0.4, 0.5) is 10.2 Å². The van der Waals surface area contributed by atoms with Crippen LogP contribution in [0.3, 0.4) is 0 Å². The third-order valence-electron chi connectivity index (χ3n) is 5.55. The van der Waals surface area contributed by atoms with E-state index in [-0.39, 0.29) is 18.3 Å². The molecule has 2 amide bonds. The van der Waals surface area contributed by atoms with Gasteiger partial charge in [-0.15, -0.1) is 0 Å². The van der Waals surface area contributed by atoms with E-state index in [0.717, 1.165) is 12.0 Å². The molecule has 4 rings (SSSR count). The lowest BCUT2D eigenvalue weighted by atomic mass is 9.92. The van der Waals surface area contributed by atoms with Crippen molar-refractivity contribution in [1.82, 2.24) is 25.1 Å². The van der Waals surface area contributed by atoms with Crippen LogP contribution in [0.5, 0.6) is 0 Å². The monoisotopic (exact) mass is 436 g/mol. The van der Waals surface area contributed by atoms with Crippen LogP contribution >= 0.6 is 0 Å². The minimum atomic E-state index is -0.493. The first-order valence-corrected chi connectivity index (χ1v) is 10.4. The molecule has 1 aliphatic heterocycles. The van der Waals surface area contributed by atoms with Crippen LogP contribution in [0.25, 0.3) is 11.1 Å². The first-order valence-electron chi connectivity index (χ1n) is 10.4. The van der Waals surface area contributed by atoms with E-state index in [4.69, 9.17) is 0 Å². The first kappa shape index (κ1) is 21.6. The van der Waals surface area contributed by atoms with Gasteiger partial charge in [-0.25, -0.2) is 14.4 Å². The predicted octanol–water partition coefficient (Wildman–Crippen LogP) is 3.02. The zero-order chi connectivity index (χ0) is 23.0. The van der Waals surface area contributed by atoms with Gasteiger partial charge in [0.15, 0.2) is 0 Å². The van der Waals surface area contributed by atoms with Gasteiger partial charge in [-0.2, -0.15) is 5.10 Å². The number of nitrogens with one attached hydrogen (secondary N) is 1. The van der Waals surface area contributed by atoms with E-state index in [1.165, 1.54) is 12.1 Å². The molecule has 3 aromatic rings. The summed E-state index contributed by atoms with van der Waals surface area (Å²) in [5.74, 6) is -0.526. The molecule has 1 aromatic carbocycles. The van der Waals surface area contributed by atoms with E-state index < -0.39 is 17.1 Å². The van der Waals surface area contributed by atoms with Gasteiger partial charge in [0.05, 0.1) is 6.20 Å². The average molecular weight is 436 g/mol. The zero-order valence-corrected chi connectivity index (χ0v) is 18.5. The highest BCUT2D eigenvalue weighted by atomic mass is 19.1. The van der Waals surface area contributed by atoms with Crippen LogP contribution in [0.15, 0.2) is 36.7 Å². The van der Waals surface area contributed by atoms with Gasteiger partial charge in [-0.05, 0) is 42.7 Å². The van der Waals surface area contributed by atoms with Crippen molar-refractivity contribution in [2.24, 2.45) is 12.5 Å². The maximum absolute atomic E-state index is 14.1. The summed E-state index contributed by atoms with van der Waals surface area (Å²) < 4.78 is 15.8. The summed E-state index contributed by atoms with van der Waals surface area (Å²) in [7, 11) is 1.79. The normalized spacial score (nSPS) is 15.3. The maximum atomic E-state index is 14.1. The van der Waals surface area contributed by atoms with Gasteiger partial charge in [0, 0.05) is 49.1 Å². The first-order chi connectivity index (χ1) is 15.1. The summed E-state index contributed by atoms with van der Waals surface area (Å²) in [5.41, 5.74) is 2.19. The Morgan fingerprint density at radius 1 is 1.19 bits per heavy atom. The number of hydrogen-bond donors (Lipinski definition) is 1. The SMILES string of the molecule is Cc1cc(N2CCC(C)(C)C2=O)nc(C(=O)NCc2cc(F)cc(-c3cnn(C)c3)c2)n1. The van der Waals surface area contributed by atoms with Crippen molar-refractivity contribution in [1.29, 1.82) is 0 Å². The van der Waals surface area contributed by atoms with E-state index in [9.17, 15) is 14.0 Å². The van der Waals surface area contributed by atoms with Crippen molar-refractivity contribution in [3.05, 3.63) is 59.6 Å². The molecule has 0 radical (unpaired) electrons. The number of rotatable bonds is 5. The molecule has 3 heterocycles. The molecule has 0 unspecified atom stereocenters. The number of nitrogens with zero attached hydrogens (tertiary/aromatic N) is 5. The Bertz CT molecular complexity index is 1200. The average Bonchev–Trinajstić information content (AvgIpc) is 3.28. The summed E-state index contributed by atoms with van der Waals surface area (Å²) in [6.45, 7) is 6.20. The number of aryl methyl sites for hydroxylation is 2. The minimum absolute atomic E-state index is 0.0235. The molecule has 32 heavy (non-hydrogen) atoms. The zero-order valence-electron chi connectivity index (χ0n) is 18.5. The Morgan fingerprint density at radius 3 is 2.62 bits per heavy atom. The predicted molar refractivity (Wildman–Crippen MR) is 117 cm³/mol. The van der Waals surface area contributed by atoms with Crippen molar-refractivity contribution in [3.63, 3.8) is 0 Å². The number of carbonyl (C=O) groups is 2. The van der Waals surface area contributed by atoms with E-state index in [1.54, 1.807) is 48.1 Å². The Hall–Kier alpha value is -3.62. The van der Waals surface area contributed by atoms with E-state index in [2.05, 4.69) is 20.4 Å². The number of benzene rings is 1. The third kappa shape index (κ3) is 4.37. The molecule has 0 atom stereocenters. The lowest BCUT2D eigenvalue weighted by Gasteiger charge is -2.19. The Labute approximate surface area is 185 Å². The lowest BCUT2D eigenvalue weighted by molar-refractivity contribution is -0.124. The molecule has 0 spiro atoms. The fourth-order valence-corrected chi connectivity index (χ4v) is 3.73. The number of aromatic nitrogens is 4. The summed E-state index contributed by atoms with van der Waals surface area (Å²) in [6.07, 6.45) is 4.16. The molecular weight excluding hydrogens is 411 g/mol. The Balaban J connectivity index is 1.51. The van der Waals surface area contributed by atoms with Crippen LogP contribution in [0.2, 0.25) is 0 Å². The largest absolute Gasteiger partial charge is 0.345 e. The van der Waals surface area contributed by atoms with Crippen molar-refractivity contribution >= 4 is 17.6 Å². The summed E-state index contributed by atoms with van der Waals surface area (Å²) in [6, 6.07) is 6.29. The topological polar surface area (TPSA) is 93.0 Å². The highest BCUT2D eigenvalue weighted by molar-refractivity contribution is 5.99. The van der Waals surface area contributed by atoms with Crippen molar-refractivity contribution in [3.8, 4) is 11.1 Å². The molecule has 8 nitrogen and oxygen atoms in total. The molecule has 1 N–H and O–H groups in total. The maximum Gasteiger partial charge on any atom is 0.289 e. The number of amides is 2. The van der Waals surface area contributed by atoms with Gasteiger partial charge in [0.1, 0.15) is 11.6 Å². The summed E-state index contributed by atoms with van der Waals surface area (Å²) in [4.78, 5) is 35.5.